The lowest BCUT2D eigenvalue weighted by Crippen LogP contribution is -2.21. The highest BCUT2D eigenvalue weighted by Crippen LogP contribution is 2.48. The molecule has 0 saturated heterocycles. The molecule has 3 aromatic carbocycles. The molecule has 0 radical (unpaired) electrons. The van der Waals surface area contributed by atoms with Gasteiger partial charge in [0, 0.05) is 0 Å². The van der Waals surface area contributed by atoms with Gasteiger partial charge in [0.2, 0.25) is 0 Å². The zero-order valence-corrected chi connectivity index (χ0v) is 15.5. The van der Waals surface area contributed by atoms with Crippen molar-refractivity contribution in [1.29, 1.82) is 0 Å². The first kappa shape index (κ1) is 17.4. The Balaban J connectivity index is 1.65. The molecule has 5 heteroatoms. The van der Waals surface area contributed by atoms with E-state index in [9.17, 15) is 0 Å². The first-order valence-corrected chi connectivity index (χ1v) is 11.4. The number of hydrogen-bond donors (Lipinski definition) is 1. The van der Waals surface area contributed by atoms with Crippen molar-refractivity contribution in [3.63, 3.8) is 0 Å². The van der Waals surface area contributed by atoms with Crippen LogP contribution in [0.1, 0.15) is 5.56 Å². The van der Waals surface area contributed by atoms with Gasteiger partial charge in [-0.15, -0.1) is 5.82 Å². The summed E-state index contributed by atoms with van der Waals surface area (Å²) in [5, 5.41) is 4.34. The number of rotatable bonds is 6. The van der Waals surface area contributed by atoms with Crippen LogP contribution in [-0.2, 0) is 31.0 Å². The van der Waals surface area contributed by atoms with Gasteiger partial charge in [0.25, 0.3) is 0 Å². The molecule has 0 fully saturated rings. The predicted molar refractivity (Wildman–Crippen MR) is 108 cm³/mol. The Bertz CT molecular complexity index is 764. The molecular weight excluding hydrogens is 353 g/mol. The Hall–Kier alpha value is -1.45. The first-order chi connectivity index (χ1) is 11.6. The van der Waals surface area contributed by atoms with Gasteiger partial charge >= 0.3 is 0 Å². The van der Waals surface area contributed by atoms with E-state index in [1.807, 2.05) is 72.8 Å². The van der Waals surface area contributed by atoms with Crippen LogP contribution in [0.25, 0.3) is 0 Å². The average Bonchev–Trinajstić information content (AvgIpc) is 2.62. The third-order valence-electron chi connectivity index (χ3n) is 3.49. The van der Waals surface area contributed by atoms with Crippen molar-refractivity contribution in [2.45, 2.75) is 6.54 Å². The summed E-state index contributed by atoms with van der Waals surface area (Å²) in [5.74, 6) is -0.615. The minimum Gasteiger partial charge on any atom is -0.555 e. The van der Waals surface area contributed by atoms with E-state index in [2.05, 4.69) is 17.2 Å². The van der Waals surface area contributed by atoms with Crippen molar-refractivity contribution in [3.05, 3.63) is 90.5 Å². The van der Waals surface area contributed by atoms with Gasteiger partial charge in [0.1, 0.15) is 11.5 Å². The van der Waals surface area contributed by atoms with Gasteiger partial charge in [-0.05, 0) is 42.0 Å². The van der Waals surface area contributed by atoms with E-state index in [1.54, 1.807) is 0 Å². The smallest absolute Gasteiger partial charge is 0.127 e. The average molecular weight is 370 g/mol. The Morgan fingerprint density at radius 3 is 1.88 bits per heavy atom. The zero-order valence-electron chi connectivity index (χ0n) is 13.0. The predicted octanol–water partition coefficient (Wildman–Crippen LogP) is 4.75. The fraction of sp³-hybridized carbons (Fsp3) is 0.0526. The molecule has 0 aliphatic heterocycles. The van der Waals surface area contributed by atoms with E-state index >= 15 is 0 Å². The number of hydrogen-bond acceptors (Lipinski definition) is 4. The van der Waals surface area contributed by atoms with Gasteiger partial charge in [0.15, 0.2) is 0 Å². The summed E-state index contributed by atoms with van der Waals surface area (Å²) in [5.41, 5.74) is 1.18. The SMILES string of the molecule is [S-][P+]([S-])(NCc1ccccc1)c1ccc(Oc2ccccc2)cc1. The van der Waals surface area contributed by atoms with Gasteiger partial charge in [0.05, 0.1) is 11.8 Å². The molecule has 0 aliphatic rings. The molecule has 0 aromatic heterocycles. The quantitative estimate of drug-likeness (QED) is 0.499. The largest absolute Gasteiger partial charge is 0.555 e. The molecule has 0 amide bonds. The molecule has 2 nitrogen and oxygen atoms in total. The van der Waals surface area contributed by atoms with E-state index in [0.717, 1.165) is 16.8 Å². The highest BCUT2D eigenvalue weighted by molar-refractivity contribution is 8.75. The van der Waals surface area contributed by atoms with Crippen LogP contribution >= 0.6 is 5.82 Å². The first-order valence-electron chi connectivity index (χ1n) is 7.57. The minimum atomic E-state index is -2.20. The number of ether oxygens (including phenoxy) is 1. The number of para-hydroxylation sites is 1. The molecule has 0 spiro atoms. The summed E-state index contributed by atoms with van der Waals surface area (Å²) in [6.07, 6.45) is 0. The van der Waals surface area contributed by atoms with E-state index in [0.29, 0.717) is 6.54 Å². The Kier molecular flexibility index (Phi) is 5.85. The Labute approximate surface area is 154 Å². The normalized spacial score (nSPS) is 11.2. The van der Waals surface area contributed by atoms with Crippen LogP contribution in [0.15, 0.2) is 84.9 Å². The van der Waals surface area contributed by atoms with Crippen molar-refractivity contribution >= 4 is 35.6 Å². The summed E-state index contributed by atoms with van der Waals surface area (Å²) < 4.78 is 5.80. The van der Waals surface area contributed by atoms with Crippen molar-refractivity contribution in [3.8, 4) is 11.5 Å². The standard InChI is InChI=1S/C19H18NOPS2/c23-22(24,20-15-16-7-3-1-4-8-16)19-13-11-18(12-14-19)21-17-9-5-2-6-10-17/h1-14H,15H2,(H2,20,23,24)/p-1. The van der Waals surface area contributed by atoms with Crippen LogP contribution in [0, 0.1) is 0 Å². The van der Waals surface area contributed by atoms with Gasteiger partial charge in [-0.1, -0.05) is 48.5 Å². The van der Waals surface area contributed by atoms with Gasteiger partial charge in [-0.2, -0.15) is 0 Å². The third-order valence-corrected chi connectivity index (χ3v) is 7.08. The molecule has 0 bridgehead atoms. The fourth-order valence-electron chi connectivity index (χ4n) is 2.22. The Morgan fingerprint density at radius 1 is 0.708 bits per heavy atom. The van der Waals surface area contributed by atoms with E-state index < -0.39 is 5.82 Å². The van der Waals surface area contributed by atoms with Crippen molar-refractivity contribution < 1.29 is 4.74 Å². The van der Waals surface area contributed by atoms with Crippen molar-refractivity contribution in [2.24, 2.45) is 0 Å². The maximum atomic E-state index is 5.80. The molecule has 3 aromatic rings. The maximum absolute atomic E-state index is 5.80. The van der Waals surface area contributed by atoms with E-state index in [1.165, 1.54) is 5.56 Å². The van der Waals surface area contributed by atoms with Crippen LogP contribution < -0.4 is 15.1 Å². The molecule has 0 aliphatic carbocycles. The van der Waals surface area contributed by atoms with Gasteiger partial charge < -0.3 is 29.2 Å². The second kappa shape index (κ2) is 8.09. The Morgan fingerprint density at radius 2 is 1.25 bits per heavy atom. The lowest BCUT2D eigenvalue weighted by Gasteiger charge is -2.39. The van der Waals surface area contributed by atoms with Gasteiger partial charge in [-0.25, -0.2) is 5.09 Å². The molecule has 0 atom stereocenters. The minimum absolute atomic E-state index is 0.684. The summed E-state index contributed by atoms with van der Waals surface area (Å²) >= 11 is 11.3. The summed E-state index contributed by atoms with van der Waals surface area (Å²) in [6.45, 7) is 0.684. The molecule has 3 rings (SSSR count). The van der Waals surface area contributed by atoms with Crippen molar-refractivity contribution in [1.82, 2.24) is 5.09 Å². The van der Waals surface area contributed by atoms with E-state index in [4.69, 9.17) is 29.2 Å². The molecule has 1 N–H and O–H groups in total. The third kappa shape index (κ3) is 4.78. The van der Waals surface area contributed by atoms with Crippen LogP contribution in [0.5, 0.6) is 11.5 Å². The number of nitrogens with one attached hydrogen (secondary N) is 1. The van der Waals surface area contributed by atoms with Crippen LogP contribution in [-0.4, -0.2) is 0 Å². The zero-order chi connectivity index (χ0) is 16.8. The van der Waals surface area contributed by atoms with Gasteiger partial charge in [-0.3, -0.25) is 0 Å². The lowest BCUT2D eigenvalue weighted by atomic mass is 10.2. The number of benzene rings is 3. The molecule has 0 heterocycles. The summed E-state index contributed by atoms with van der Waals surface area (Å²) in [4.78, 5) is 0. The van der Waals surface area contributed by atoms with Crippen molar-refractivity contribution in [2.75, 3.05) is 0 Å². The van der Waals surface area contributed by atoms with Crippen LogP contribution in [0.2, 0.25) is 0 Å². The summed E-state index contributed by atoms with van der Waals surface area (Å²) in [6, 6.07) is 27.6. The van der Waals surface area contributed by atoms with E-state index in [-0.39, 0.29) is 0 Å². The maximum Gasteiger partial charge on any atom is 0.127 e. The van der Waals surface area contributed by atoms with Crippen LogP contribution in [0.3, 0.4) is 0 Å². The highest BCUT2D eigenvalue weighted by Gasteiger charge is 2.12. The highest BCUT2D eigenvalue weighted by atomic mass is 33.1. The lowest BCUT2D eigenvalue weighted by molar-refractivity contribution is 0.483. The molecule has 0 saturated carbocycles. The fourth-order valence-corrected chi connectivity index (χ4v) is 4.45. The van der Waals surface area contributed by atoms with Crippen LogP contribution in [0.4, 0.5) is 0 Å². The summed E-state index contributed by atoms with van der Waals surface area (Å²) in [7, 11) is 0. The second-order valence-electron chi connectivity index (χ2n) is 5.28. The monoisotopic (exact) mass is 370 g/mol. The molecular formula is C19H17NOPS2-. The topological polar surface area (TPSA) is 21.3 Å². The molecule has 0 unspecified atom stereocenters. The molecule has 24 heavy (non-hydrogen) atoms. The molecule has 122 valence electrons. The second-order valence-corrected chi connectivity index (χ2v) is 11.2.